The maximum absolute atomic E-state index is 11.5. The predicted molar refractivity (Wildman–Crippen MR) is 60.5 cm³/mol. The number of hydrogen-bond donors (Lipinski definition) is 3. The third kappa shape index (κ3) is 4.67. The first kappa shape index (κ1) is 11.8. The van der Waals surface area contributed by atoms with Gasteiger partial charge in [0.05, 0.1) is 0 Å². The van der Waals surface area contributed by atoms with Crippen LogP contribution in [0.25, 0.3) is 0 Å². The molecule has 1 rings (SSSR count). The Hall–Kier alpha value is -1.26. The summed E-state index contributed by atoms with van der Waals surface area (Å²) < 4.78 is 0. The molecule has 0 aromatic rings. The van der Waals surface area contributed by atoms with Gasteiger partial charge in [-0.1, -0.05) is 6.92 Å². The topological polar surface area (TPSA) is 79.5 Å². The van der Waals surface area contributed by atoms with Crippen molar-refractivity contribution in [2.45, 2.75) is 45.2 Å². The summed E-state index contributed by atoms with van der Waals surface area (Å²) in [6.45, 7) is 4.50. The standard InChI is InChI=1S/C10H20N4O/c1-3-6-12-10(11)13-7(2)9(15)14-8-4-5-8/h7-8H,3-6H2,1-2H3,(H,14,15)(H3,11,12,13). The lowest BCUT2D eigenvalue weighted by molar-refractivity contribution is -0.122. The molecule has 4 N–H and O–H groups in total. The maximum Gasteiger partial charge on any atom is 0.242 e. The average molecular weight is 212 g/mol. The Labute approximate surface area is 90.5 Å². The first-order chi connectivity index (χ1) is 7.13. The van der Waals surface area contributed by atoms with Crippen molar-refractivity contribution in [3.05, 3.63) is 0 Å². The van der Waals surface area contributed by atoms with Crippen molar-refractivity contribution in [1.29, 1.82) is 0 Å². The fraction of sp³-hybridized carbons (Fsp3) is 0.800. The number of aliphatic imine (C=N–C) groups is 1. The van der Waals surface area contributed by atoms with Crippen molar-refractivity contribution in [1.82, 2.24) is 10.6 Å². The van der Waals surface area contributed by atoms with Gasteiger partial charge in [0.2, 0.25) is 5.91 Å². The van der Waals surface area contributed by atoms with Crippen molar-refractivity contribution in [3.8, 4) is 0 Å². The summed E-state index contributed by atoms with van der Waals surface area (Å²) >= 11 is 0. The zero-order valence-corrected chi connectivity index (χ0v) is 9.42. The van der Waals surface area contributed by atoms with Crippen LogP contribution in [0.15, 0.2) is 4.99 Å². The Kier molecular flexibility index (Phi) is 4.39. The van der Waals surface area contributed by atoms with Gasteiger partial charge in [0, 0.05) is 12.6 Å². The van der Waals surface area contributed by atoms with Crippen LogP contribution >= 0.6 is 0 Å². The van der Waals surface area contributed by atoms with Crippen molar-refractivity contribution < 1.29 is 4.79 Å². The quantitative estimate of drug-likeness (QED) is 0.442. The summed E-state index contributed by atoms with van der Waals surface area (Å²) in [7, 11) is 0. The molecule has 0 heterocycles. The van der Waals surface area contributed by atoms with Gasteiger partial charge in [0.15, 0.2) is 5.96 Å². The molecule has 1 amide bonds. The summed E-state index contributed by atoms with van der Waals surface area (Å²) in [5, 5.41) is 5.77. The molecule has 1 unspecified atom stereocenters. The van der Waals surface area contributed by atoms with Gasteiger partial charge in [-0.3, -0.25) is 9.79 Å². The second kappa shape index (κ2) is 5.58. The van der Waals surface area contributed by atoms with E-state index in [1.165, 1.54) is 0 Å². The minimum Gasteiger partial charge on any atom is -0.370 e. The third-order valence-corrected chi connectivity index (χ3v) is 2.19. The van der Waals surface area contributed by atoms with Gasteiger partial charge in [-0.05, 0) is 26.2 Å². The van der Waals surface area contributed by atoms with Gasteiger partial charge in [0.1, 0.15) is 6.04 Å². The van der Waals surface area contributed by atoms with Crippen LogP contribution in [0, 0.1) is 0 Å². The lowest BCUT2D eigenvalue weighted by atomic mass is 10.3. The van der Waals surface area contributed by atoms with Crippen molar-refractivity contribution in [2.75, 3.05) is 6.54 Å². The van der Waals surface area contributed by atoms with E-state index in [1.807, 2.05) is 6.92 Å². The van der Waals surface area contributed by atoms with Crippen LogP contribution in [0.2, 0.25) is 0 Å². The number of nitrogens with two attached hydrogens (primary N) is 1. The van der Waals surface area contributed by atoms with Crippen molar-refractivity contribution in [2.24, 2.45) is 10.7 Å². The number of hydrogen-bond acceptors (Lipinski definition) is 2. The number of guanidine groups is 1. The summed E-state index contributed by atoms with van der Waals surface area (Å²) in [5.41, 5.74) is 5.60. The molecule has 0 saturated heterocycles. The second-order valence-electron chi connectivity index (χ2n) is 3.92. The maximum atomic E-state index is 11.5. The number of carbonyl (C=O) groups is 1. The monoisotopic (exact) mass is 212 g/mol. The lowest BCUT2D eigenvalue weighted by Crippen LogP contribution is -2.48. The Morgan fingerprint density at radius 1 is 1.60 bits per heavy atom. The van der Waals surface area contributed by atoms with Gasteiger partial charge in [0.25, 0.3) is 0 Å². The molecule has 1 aliphatic rings. The molecule has 5 nitrogen and oxygen atoms in total. The van der Waals surface area contributed by atoms with Crippen LogP contribution in [0.5, 0.6) is 0 Å². The van der Waals surface area contributed by atoms with E-state index in [2.05, 4.69) is 15.6 Å². The second-order valence-corrected chi connectivity index (χ2v) is 3.92. The minimum atomic E-state index is -0.314. The van der Waals surface area contributed by atoms with Crippen molar-refractivity contribution >= 4 is 11.9 Å². The fourth-order valence-electron chi connectivity index (χ4n) is 1.12. The number of carbonyl (C=O) groups excluding carboxylic acids is 1. The average Bonchev–Trinajstić information content (AvgIpc) is 2.98. The van der Waals surface area contributed by atoms with Gasteiger partial charge in [-0.15, -0.1) is 0 Å². The highest BCUT2D eigenvalue weighted by atomic mass is 16.2. The SMILES string of the molecule is CCCN=C(N)NC(C)C(=O)NC1CC1. The largest absolute Gasteiger partial charge is 0.370 e. The van der Waals surface area contributed by atoms with Crippen LogP contribution in [-0.4, -0.2) is 30.5 Å². The van der Waals surface area contributed by atoms with E-state index in [0.29, 0.717) is 18.5 Å². The molecule has 15 heavy (non-hydrogen) atoms. The Balaban J connectivity index is 2.26. The first-order valence-electron chi connectivity index (χ1n) is 5.50. The zero-order valence-electron chi connectivity index (χ0n) is 9.42. The molecule has 0 aromatic heterocycles. The van der Waals surface area contributed by atoms with Crippen LogP contribution in [-0.2, 0) is 4.79 Å². The van der Waals surface area contributed by atoms with E-state index >= 15 is 0 Å². The normalized spacial score (nSPS) is 18.4. The molecule has 1 aliphatic carbocycles. The van der Waals surface area contributed by atoms with E-state index < -0.39 is 0 Å². The van der Waals surface area contributed by atoms with E-state index in [1.54, 1.807) is 6.92 Å². The Morgan fingerprint density at radius 2 is 2.27 bits per heavy atom. The molecule has 1 saturated carbocycles. The molecule has 0 aliphatic heterocycles. The Morgan fingerprint density at radius 3 is 2.80 bits per heavy atom. The van der Waals surface area contributed by atoms with E-state index in [9.17, 15) is 4.79 Å². The van der Waals surface area contributed by atoms with Crippen LogP contribution < -0.4 is 16.4 Å². The van der Waals surface area contributed by atoms with Gasteiger partial charge >= 0.3 is 0 Å². The lowest BCUT2D eigenvalue weighted by Gasteiger charge is -2.14. The fourth-order valence-corrected chi connectivity index (χ4v) is 1.12. The molecule has 86 valence electrons. The van der Waals surface area contributed by atoms with E-state index in [0.717, 1.165) is 19.3 Å². The van der Waals surface area contributed by atoms with Gasteiger partial charge < -0.3 is 16.4 Å². The van der Waals surface area contributed by atoms with Crippen LogP contribution in [0.3, 0.4) is 0 Å². The molecule has 5 heteroatoms. The third-order valence-electron chi connectivity index (χ3n) is 2.19. The Bertz CT molecular complexity index is 248. The van der Waals surface area contributed by atoms with Crippen LogP contribution in [0.4, 0.5) is 0 Å². The van der Waals surface area contributed by atoms with Gasteiger partial charge in [-0.2, -0.15) is 0 Å². The highest BCUT2D eigenvalue weighted by molar-refractivity contribution is 5.88. The van der Waals surface area contributed by atoms with Gasteiger partial charge in [-0.25, -0.2) is 0 Å². The number of amides is 1. The van der Waals surface area contributed by atoms with E-state index in [-0.39, 0.29) is 11.9 Å². The predicted octanol–water partition coefficient (Wildman–Crippen LogP) is -0.0322. The first-order valence-corrected chi connectivity index (χ1v) is 5.50. The summed E-state index contributed by atoms with van der Waals surface area (Å²) in [6, 6.07) is 0.0711. The molecule has 0 radical (unpaired) electrons. The summed E-state index contributed by atoms with van der Waals surface area (Å²) in [6.07, 6.45) is 3.14. The summed E-state index contributed by atoms with van der Waals surface area (Å²) in [5.74, 6) is 0.336. The molecule has 1 fully saturated rings. The van der Waals surface area contributed by atoms with Crippen LogP contribution in [0.1, 0.15) is 33.1 Å². The molecular weight excluding hydrogens is 192 g/mol. The molecule has 1 atom stereocenters. The summed E-state index contributed by atoms with van der Waals surface area (Å²) in [4.78, 5) is 15.6. The number of nitrogens with one attached hydrogen (secondary N) is 2. The molecular formula is C10H20N4O. The smallest absolute Gasteiger partial charge is 0.242 e. The molecule has 0 aromatic carbocycles. The molecule has 0 bridgehead atoms. The number of nitrogens with zero attached hydrogens (tertiary/aromatic N) is 1. The molecule has 0 spiro atoms. The minimum absolute atomic E-state index is 0.00727. The van der Waals surface area contributed by atoms with Crippen molar-refractivity contribution in [3.63, 3.8) is 0 Å². The number of rotatable bonds is 5. The van der Waals surface area contributed by atoms with E-state index in [4.69, 9.17) is 5.73 Å². The highest BCUT2D eigenvalue weighted by Crippen LogP contribution is 2.18. The highest BCUT2D eigenvalue weighted by Gasteiger charge is 2.25. The zero-order chi connectivity index (χ0) is 11.3.